The molecule has 0 aromatic rings. The number of nitrogens with zero attached hydrogens (tertiary/aromatic N) is 1. The second-order valence-corrected chi connectivity index (χ2v) is 3.77. The summed E-state index contributed by atoms with van der Waals surface area (Å²) in [5.74, 6) is 3.39. The maximum absolute atomic E-state index is 5.18. The van der Waals surface area contributed by atoms with E-state index < -0.39 is 0 Å². The zero-order chi connectivity index (χ0) is 9.56. The van der Waals surface area contributed by atoms with E-state index in [1.54, 1.807) is 0 Å². The van der Waals surface area contributed by atoms with Gasteiger partial charge in [-0.2, -0.15) is 0 Å². The highest BCUT2D eigenvalue weighted by Gasteiger charge is 2.11. The van der Waals surface area contributed by atoms with Gasteiger partial charge in [0, 0.05) is 12.5 Å². The normalized spacial score (nSPS) is 13.4. The van der Waals surface area contributed by atoms with E-state index in [0.29, 0.717) is 6.04 Å². The van der Waals surface area contributed by atoms with E-state index in [0.717, 1.165) is 25.3 Å². The number of hydrogen-bond acceptors (Lipinski definition) is 1. The lowest BCUT2D eigenvalue weighted by atomic mass is 10.1. The molecule has 0 rings (SSSR count). The molecule has 0 heterocycles. The highest BCUT2D eigenvalue weighted by atomic mass is 15.1. The van der Waals surface area contributed by atoms with E-state index in [9.17, 15) is 0 Å². The minimum Gasteiger partial charge on any atom is -0.303 e. The predicted molar refractivity (Wildman–Crippen MR) is 55.0 cm³/mol. The minimum atomic E-state index is 0.655. The summed E-state index contributed by atoms with van der Waals surface area (Å²) >= 11 is 0. The fourth-order valence-corrected chi connectivity index (χ4v) is 1.14. The van der Waals surface area contributed by atoms with Gasteiger partial charge in [-0.15, -0.1) is 12.3 Å². The van der Waals surface area contributed by atoms with E-state index in [1.165, 1.54) is 0 Å². The van der Waals surface area contributed by atoms with Crippen LogP contribution in [0.1, 0.15) is 33.6 Å². The van der Waals surface area contributed by atoms with E-state index in [1.807, 2.05) is 0 Å². The lowest BCUT2D eigenvalue weighted by molar-refractivity contribution is 0.207. The van der Waals surface area contributed by atoms with Crippen molar-refractivity contribution in [1.82, 2.24) is 4.90 Å². The van der Waals surface area contributed by atoms with E-state index in [2.05, 4.69) is 38.6 Å². The second kappa shape index (κ2) is 6.08. The molecule has 0 amide bonds. The Bertz CT molecular complexity index is 144. The van der Waals surface area contributed by atoms with Crippen LogP contribution in [0.25, 0.3) is 0 Å². The third-order valence-electron chi connectivity index (χ3n) is 2.49. The Morgan fingerprint density at radius 2 is 1.92 bits per heavy atom. The number of terminal acetylenes is 1. The standard InChI is InChI=1S/C11H21N/c1-6-7-8-9-12(5)11(4)10(2)3/h1,10-11H,7-9H2,2-5H3. The van der Waals surface area contributed by atoms with Crippen molar-refractivity contribution in [2.24, 2.45) is 5.92 Å². The van der Waals surface area contributed by atoms with Gasteiger partial charge in [-0.1, -0.05) is 13.8 Å². The topological polar surface area (TPSA) is 3.24 Å². The molecule has 1 atom stereocenters. The first-order valence-corrected chi connectivity index (χ1v) is 4.73. The summed E-state index contributed by atoms with van der Waals surface area (Å²) in [4.78, 5) is 2.38. The minimum absolute atomic E-state index is 0.655. The highest BCUT2D eigenvalue weighted by Crippen LogP contribution is 2.08. The molecular weight excluding hydrogens is 146 g/mol. The van der Waals surface area contributed by atoms with Crippen molar-refractivity contribution in [3.05, 3.63) is 0 Å². The van der Waals surface area contributed by atoms with Gasteiger partial charge < -0.3 is 4.90 Å². The van der Waals surface area contributed by atoms with Crippen LogP contribution in [0.2, 0.25) is 0 Å². The zero-order valence-corrected chi connectivity index (χ0v) is 8.80. The van der Waals surface area contributed by atoms with Crippen molar-refractivity contribution in [3.63, 3.8) is 0 Å². The number of hydrogen-bond donors (Lipinski definition) is 0. The molecule has 1 unspecified atom stereocenters. The van der Waals surface area contributed by atoms with Crippen LogP contribution < -0.4 is 0 Å². The van der Waals surface area contributed by atoms with E-state index in [4.69, 9.17) is 6.42 Å². The summed E-state index contributed by atoms with van der Waals surface area (Å²) in [6.45, 7) is 7.88. The van der Waals surface area contributed by atoms with Crippen molar-refractivity contribution in [2.45, 2.75) is 39.7 Å². The summed E-state index contributed by atoms with van der Waals surface area (Å²) in [6.07, 6.45) is 7.20. The second-order valence-electron chi connectivity index (χ2n) is 3.77. The summed E-state index contributed by atoms with van der Waals surface area (Å²) in [5.41, 5.74) is 0. The van der Waals surface area contributed by atoms with Crippen molar-refractivity contribution in [3.8, 4) is 12.3 Å². The third kappa shape index (κ3) is 4.41. The van der Waals surface area contributed by atoms with Gasteiger partial charge in [-0.05, 0) is 32.9 Å². The molecule has 1 heteroatoms. The van der Waals surface area contributed by atoms with Crippen LogP contribution in [0.3, 0.4) is 0 Å². The Hall–Kier alpha value is -0.480. The first kappa shape index (κ1) is 11.5. The van der Waals surface area contributed by atoms with Gasteiger partial charge in [0.15, 0.2) is 0 Å². The third-order valence-corrected chi connectivity index (χ3v) is 2.49. The van der Waals surface area contributed by atoms with Gasteiger partial charge in [0.05, 0.1) is 0 Å². The van der Waals surface area contributed by atoms with Gasteiger partial charge in [-0.3, -0.25) is 0 Å². The molecule has 0 fully saturated rings. The zero-order valence-electron chi connectivity index (χ0n) is 8.80. The fraction of sp³-hybridized carbons (Fsp3) is 0.818. The van der Waals surface area contributed by atoms with Crippen LogP contribution in [0.4, 0.5) is 0 Å². The van der Waals surface area contributed by atoms with Crippen LogP contribution in [-0.4, -0.2) is 24.5 Å². The first-order chi connectivity index (χ1) is 5.59. The average Bonchev–Trinajstić information content (AvgIpc) is 2.03. The Morgan fingerprint density at radius 3 is 2.33 bits per heavy atom. The van der Waals surface area contributed by atoms with Crippen LogP contribution >= 0.6 is 0 Å². The molecule has 0 bridgehead atoms. The lowest BCUT2D eigenvalue weighted by Crippen LogP contribution is -2.33. The average molecular weight is 167 g/mol. The van der Waals surface area contributed by atoms with Crippen molar-refractivity contribution in [2.75, 3.05) is 13.6 Å². The maximum Gasteiger partial charge on any atom is 0.00982 e. The maximum atomic E-state index is 5.18. The van der Waals surface area contributed by atoms with Gasteiger partial charge >= 0.3 is 0 Å². The molecule has 0 aromatic carbocycles. The molecule has 0 aromatic heterocycles. The van der Waals surface area contributed by atoms with Crippen LogP contribution in [0, 0.1) is 18.3 Å². The molecule has 12 heavy (non-hydrogen) atoms. The SMILES string of the molecule is C#CCCCN(C)C(C)C(C)C. The Morgan fingerprint density at radius 1 is 1.33 bits per heavy atom. The molecule has 0 aliphatic carbocycles. The fourth-order valence-electron chi connectivity index (χ4n) is 1.14. The summed E-state index contributed by atoms with van der Waals surface area (Å²) in [6, 6.07) is 0.655. The monoisotopic (exact) mass is 167 g/mol. The highest BCUT2D eigenvalue weighted by molar-refractivity contribution is 4.83. The summed E-state index contributed by atoms with van der Waals surface area (Å²) in [7, 11) is 2.17. The van der Waals surface area contributed by atoms with E-state index in [-0.39, 0.29) is 0 Å². The lowest BCUT2D eigenvalue weighted by Gasteiger charge is -2.27. The molecule has 0 saturated carbocycles. The van der Waals surface area contributed by atoms with Gasteiger partial charge in [0.2, 0.25) is 0 Å². The van der Waals surface area contributed by atoms with Crippen LogP contribution in [0.15, 0.2) is 0 Å². The molecule has 0 aliphatic rings. The van der Waals surface area contributed by atoms with Crippen molar-refractivity contribution in [1.29, 1.82) is 0 Å². The molecule has 0 N–H and O–H groups in total. The Kier molecular flexibility index (Phi) is 5.84. The molecule has 1 nitrogen and oxygen atoms in total. The molecule has 0 saturated heterocycles. The molecule has 70 valence electrons. The summed E-state index contributed by atoms with van der Waals surface area (Å²) < 4.78 is 0. The number of rotatable bonds is 5. The van der Waals surface area contributed by atoms with Gasteiger partial charge in [-0.25, -0.2) is 0 Å². The van der Waals surface area contributed by atoms with Crippen LogP contribution in [-0.2, 0) is 0 Å². The molecular formula is C11H21N. The molecule has 0 spiro atoms. The predicted octanol–water partition coefficient (Wildman–Crippen LogP) is 2.38. The Labute approximate surface area is 77.1 Å². The smallest absolute Gasteiger partial charge is 0.00982 e. The summed E-state index contributed by atoms with van der Waals surface area (Å²) in [5, 5.41) is 0. The first-order valence-electron chi connectivity index (χ1n) is 4.73. The van der Waals surface area contributed by atoms with Gasteiger partial charge in [0.1, 0.15) is 0 Å². The Balaban J connectivity index is 3.58. The van der Waals surface area contributed by atoms with E-state index >= 15 is 0 Å². The van der Waals surface area contributed by atoms with Gasteiger partial charge in [0.25, 0.3) is 0 Å². The molecule has 0 radical (unpaired) electrons. The van der Waals surface area contributed by atoms with Crippen molar-refractivity contribution < 1.29 is 0 Å². The largest absolute Gasteiger partial charge is 0.303 e. The van der Waals surface area contributed by atoms with Crippen LogP contribution in [0.5, 0.6) is 0 Å². The number of unbranched alkanes of at least 4 members (excludes halogenated alkanes) is 1. The quantitative estimate of drug-likeness (QED) is 0.449. The molecule has 0 aliphatic heterocycles. The van der Waals surface area contributed by atoms with Crippen molar-refractivity contribution >= 4 is 0 Å².